The van der Waals surface area contributed by atoms with Crippen molar-refractivity contribution < 1.29 is 9.84 Å². The summed E-state index contributed by atoms with van der Waals surface area (Å²) in [7, 11) is 1.66. The molecule has 6 heteroatoms. The van der Waals surface area contributed by atoms with Gasteiger partial charge in [-0.05, 0) is 36.6 Å². The molecule has 150 valence electrons. The van der Waals surface area contributed by atoms with Crippen molar-refractivity contribution in [3.8, 4) is 5.75 Å². The molecular formula is C22H28ClN3O2. The zero-order valence-corrected chi connectivity index (χ0v) is 17.0. The van der Waals surface area contributed by atoms with Crippen LogP contribution in [0.5, 0.6) is 5.75 Å². The summed E-state index contributed by atoms with van der Waals surface area (Å²) in [6, 6.07) is 16.2. The number of rotatable bonds is 5. The predicted molar refractivity (Wildman–Crippen MR) is 111 cm³/mol. The third-order valence-electron chi connectivity index (χ3n) is 6.11. The van der Waals surface area contributed by atoms with Crippen LogP contribution in [0.4, 0.5) is 0 Å². The molecule has 0 aromatic heterocycles. The molecule has 0 radical (unpaired) electrons. The van der Waals surface area contributed by atoms with Gasteiger partial charge in [-0.1, -0.05) is 41.9 Å². The quantitative estimate of drug-likeness (QED) is 0.718. The molecule has 2 heterocycles. The molecular weight excluding hydrogens is 374 g/mol. The van der Waals surface area contributed by atoms with Crippen molar-refractivity contribution in [3.63, 3.8) is 0 Å². The molecule has 3 N–H and O–H groups in total. The SMILES string of the molecule is COc1ccccc1C1(O)CCN(CC2CNNC2c2ccc(Cl)cc2)CC1. The van der Waals surface area contributed by atoms with Crippen molar-refractivity contribution in [2.75, 3.05) is 33.3 Å². The Morgan fingerprint density at radius 2 is 1.86 bits per heavy atom. The van der Waals surface area contributed by atoms with Gasteiger partial charge in [0.2, 0.25) is 0 Å². The van der Waals surface area contributed by atoms with E-state index in [0.717, 1.165) is 42.5 Å². The van der Waals surface area contributed by atoms with E-state index in [4.69, 9.17) is 16.3 Å². The van der Waals surface area contributed by atoms with Crippen LogP contribution in [0, 0.1) is 5.92 Å². The van der Waals surface area contributed by atoms with Crippen LogP contribution in [0.1, 0.15) is 30.0 Å². The minimum atomic E-state index is -0.815. The number of methoxy groups -OCH3 is 1. The Hall–Kier alpha value is -1.63. The molecule has 0 aliphatic carbocycles. The van der Waals surface area contributed by atoms with Crippen molar-refractivity contribution in [3.05, 3.63) is 64.7 Å². The number of benzene rings is 2. The number of aliphatic hydroxyl groups is 1. The molecule has 2 aromatic rings. The first kappa shape index (κ1) is 19.7. The summed E-state index contributed by atoms with van der Waals surface area (Å²) in [6.07, 6.45) is 1.43. The molecule has 2 saturated heterocycles. The molecule has 2 fully saturated rings. The predicted octanol–water partition coefficient (Wildman–Crippen LogP) is 3.10. The number of ether oxygens (including phenoxy) is 1. The van der Waals surface area contributed by atoms with E-state index >= 15 is 0 Å². The first-order valence-electron chi connectivity index (χ1n) is 9.91. The van der Waals surface area contributed by atoms with Gasteiger partial charge in [0.05, 0.1) is 18.8 Å². The molecule has 0 amide bonds. The van der Waals surface area contributed by atoms with Gasteiger partial charge in [0.25, 0.3) is 0 Å². The largest absolute Gasteiger partial charge is 0.496 e. The number of likely N-dealkylation sites (tertiary alicyclic amines) is 1. The van der Waals surface area contributed by atoms with Gasteiger partial charge in [-0.15, -0.1) is 0 Å². The molecule has 2 aromatic carbocycles. The Labute approximate surface area is 171 Å². The Bertz CT molecular complexity index is 791. The third kappa shape index (κ3) is 4.04. The average molecular weight is 402 g/mol. The number of hydrazine groups is 1. The minimum Gasteiger partial charge on any atom is -0.496 e. The van der Waals surface area contributed by atoms with Gasteiger partial charge in [-0.2, -0.15) is 0 Å². The Balaban J connectivity index is 1.39. The van der Waals surface area contributed by atoms with Gasteiger partial charge in [0.1, 0.15) is 5.75 Å². The minimum absolute atomic E-state index is 0.271. The van der Waals surface area contributed by atoms with Crippen LogP contribution in [0.3, 0.4) is 0 Å². The third-order valence-corrected chi connectivity index (χ3v) is 6.36. The Kier molecular flexibility index (Phi) is 5.90. The van der Waals surface area contributed by atoms with Crippen LogP contribution in [0.25, 0.3) is 0 Å². The molecule has 4 rings (SSSR count). The van der Waals surface area contributed by atoms with E-state index in [1.54, 1.807) is 7.11 Å². The fourth-order valence-corrected chi connectivity index (χ4v) is 4.59. The summed E-state index contributed by atoms with van der Waals surface area (Å²) in [5, 5.41) is 12.0. The van der Waals surface area contributed by atoms with Crippen LogP contribution in [-0.2, 0) is 5.60 Å². The van der Waals surface area contributed by atoms with Crippen LogP contribution in [0.2, 0.25) is 5.02 Å². The van der Waals surface area contributed by atoms with Crippen LogP contribution in [0.15, 0.2) is 48.5 Å². The maximum absolute atomic E-state index is 11.2. The summed E-state index contributed by atoms with van der Waals surface area (Å²) in [5.74, 6) is 1.24. The maximum Gasteiger partial charge on any atom is 0.124 e. The van der Waals surface area contributed by atoms with Crippen molar-refractivity contribution in [1.82, 2.24) is 15.8 Å². The number of para-hydroxylation sites is 1. The molecule has 0 bridgehead atoms. The number of hydrogen-bond donors (Lipinski definition) is 3. The summed E-state index contributed by atoms with van der Waals surface area (Å²) in [5.41, 5.74) is 8.05. The second-order valence-corrected chi connectivity index (χ2v) is 8.28. The maximum atomic E-state index is 11.2. The van der Waals surface area contributed by atoms with E-state index in [1.807, 2.05) is 36.4 Å². The van der Waals surface area contributed by atoms with E-state index in [0.29, 0.717) is 18.8 Å². The molecule has 0 saturated carbocycles. The number of halogens is 1. The summed E-state index contributed by atoms with van der Waals surface area (Å²) >= 11 is 6.03. The van der Waals surface area contributed by atoms with Gasteiger partial charge < -0.3 is 14.7 Å². The van der Waals surface area contributed by atoms with E-state index < -0.39 is 5.60 Å². The normalized spacial score (nSPS) is 25.0. The van der Waals surface area contributed by atoms with Crippen molar-refractivity contribution in [2.45, 2.75) is 24.5 Å². The van der Waals surface area contributed by atoms with Crippen LogP contribution in [-0.4, -0.2) is 43.3 Å². The smallest absolute Gasteiger partial charge is 0.124 e. The fourth-order valence-electron chi connectivity index (χ4n) is 4.47. The van der Waals surface area contributed by atoms with Crippen molar-refractivity contribution >= 4 is 11.6 Å². The molecule has 2 aliphatic rings. The summed E-state index contributed by atoms with van der Waals surface area (Å²) in [6.45, 7) is 3.67. The Morgan fingerprint density at radius 3 is 2.57 bits per heavy atom. The summed E-state index contributed by atoms with van der Waals surface area (Å²) < 4.78 is 5.47. The zero-order chi connectivity index (χ0) is 19.6. The molecule has 2 atom stereocenters. The molecule has 5 nitrogen and oxygen atoms in total. The van der Waals surface area contributed by atoms with Gasteiger partial charge in [-0.25, -0.2) is 5.43 Å². The van der Waals surface area contributed by atoms with E-state index in [2.05, 4.69) is 27.9 Å². The lowest BCUT2D eigenvalue weighted by molar-refractivity contribution is -0.0303. The average Bonchev–Trinajstić information content (AvgIpc) is 3.18. The number of nitrogens with zero attached hydrogens (tertiary/aromatic N) is 1. The lowest BCUT2D eigenvalue weighted by Gasteiger charge is -2.40. The second kappa shape index (κ2) is 8.39. The topological polar surface area (TPSA) is 56.8 Å². The highest BCUT2D eigenvalue weighted by atomic mass is 35.5. The van der Waals surface area contributed by atoms with Gasteiger partial charge in [0.15, 0.2) is 0 Å². The number of nitrogens with one attached hydrogen (secondary N) is 2. The standard InChI is InChI=1S/C22H28ClN3O2/c1-28-20-5-3-2-4-19(20)22(27)10-12-26(13-11-22)15-17-14-24-25-21(17)16-6-8-18(23)9-7-16/h2-9,17,21,24-25,27H,10-15H2,1H3. The molecule has 2 aliphatic heterocycles. The van der Waals surface area contributed by atoms with Crippen molar-refractivity contribution in [1.29, 1.82) is 0 Å². The molecule has 28 heavy (non-hydrogen) atoms. The fraction of sp³-hybridized carbons (Fsp3) is 0.455. The second-order valence-electron chi connectivity index (χ2n) is 7.85. The van der Waals surface area contributed by atoms with Crippen molar-refractivity contribution in [2.24, 2.45) is 5.92 Å². The lowest BCUT2D eigenvalue weighted by atomic mass is 9.83. The Morgan fingerprint density at radius 1 is 1.14 bits per heavy atom. The van der Waals surface area contributed by atoms with Crippen LogP contribution >= 0.6 is 11.6 Å². The zero-order valence-electron chi connectivity index (χ0n) is 16.2. The number of piperidine rings is 1. The lowest BCUT2D eigenvalue weighted by Crippen LogP contribution is -2.45. The van der Waals surface area contributed by atoms with Gasteiger partial charge in [-0.3, -0.25) is 5.43 Å². The van der Waals surface area contributed by atoms with E-state index in [9.17, 15) is 5.11 Å². The van der Waals surface area contributed by atoms with Gasteiger partial charge in [0, 0.05) is 42.7 Å². The van der Waals surface area contributed by atoms with Crippen LogP contribution < -0.4 is 15.6 Å². The monoisotopic (exact) mass is 401 g/mol. The molecule has 0 spiro atoms. The highest BCUT2D eigenvalue weighted by Crippen LogP contribution is 2.38. The number of hydrogen-bond acceptors (Lipinski definition) is 5. The van der Waals surface area contributed by atoms with E-state index in [-0.39, 0.29) is 6.04 Å². The van der Waals surface area contributed by atoms with Gasteiger partial charge >= 0.3 is 0 Å². The van der Waals surface area contributed by atoms with E-state index in [1.165, 1.54) is 5.56 Å². The summed E-state index contributed by atoms with van der Waals surface area (Å²) in [4.78, 5) is 2.46. The first-order valence-corrected chi connectivity index (χ1v) is 10.3. The molecule has 2 unspecified atom stereocenters. The first-order chi connectivity index (χ1) is 13.6. The highest BCUT2D eigenvalue weighted by molar-refractivity contribution is 6.30. The highest BCUT2D eigenvalue weighted by Gasteiger charge is 2.38.